The van der Waals surface area contributed by atoms with Crippen molar-refractivity contribution in [1.82, 2.24) is 0 Å². The summed E-state index contributed by atoms with van der Waals surface area (Å²) in [5.41, 5.74) is 14.0. The molecular weight excluding hydrogens is 645 g/mol. The van der Waals surface area contributed by atoms with Crippen LogP contribution in [0.15, 0.2) is 179 Å². The third-order valence-corrected chi connectivity index (χ3v) is 11.5. The summed E-state index contributed by atoms with van der Waals surface area (Å²) in [5.74, 6) is 0.894. The number of rotatable bonds is 3. The lowest BCUT2D eigenvalue weighted by atomic mass is 9.83. The molecule has 0 amide bonds. The molecule has 0 N–H and O–H groups in total. The van der Waals surface area contributed by atoms with E-state index in [2.05, 4.69) is 164 Å². The molecule has 1 aliphatic rings. The van der Waals surface area contributed by atoms with Gasteiger partial charge in [0.25, 0.3) is 0 Å². The Morgan fingerprint density at radius 3 is 1.83 bits per heavy atom. The summed E-state index contributed by atoms with van der Waals surface area (Å²) in [6, 6.07) is 61.4. The summed E-state index contributed by atoms with van der Waals surface area (Å²) in [4.78, 5) is 0. The van der Waals surface area contributed by atoms with E-state index in [1.54, 1.807) is 0 Å². The Morgan fingerprint density at radius 2 is 1.04 bits per heavy atom. The smallest absolute Gasteiger partial charge is 0.142 e. The summed E-state index contributed by atoms with van der Waals surface area (Å²) >= 11 is 0. The molecular formula is C51H30O2. The van der Waals surface area contributed by atoms with Gasteiger partial charge in [-0.3, -0.25) is 0 Å². The van der Waals surface area contributed by atoms with Gasteiger partial charge in [0, 0.05) is 27.3 Å². The Bertz CT molecular complexity index is 3250. The highest BCUT2D eigenvalue weighted by atomic mass is 16.3. The van der Waals surface area contributed by atoms with Gasteiger partial charge in [-0.1, -0.05) is 140 Å². The number of furan rings is 2. The van der Waals surface area contributed by atoms with Crippen molar-refractivity contribution in [3.63, 3.8) is 0 Å². The van der Waals surface area contributed by atoms with Gasteiger partial charge >= 0.3 is 0 Å². The third kappa shape index (κ3) is 4.09. The predicted octanol–water partition coefficient (Wildman–Crippen LogP) is 14.4. The zero-order valence-electron chi connectivity index (χ0n) is 28.7. The van der Waals surface area contributed by atoms with Crippen LogP contribution in [0.25, 0.3) is 110 Å². The maximum absolute atomic E-state index is 6.78. The molecule has 53 heavy (non-hydrogen) atoms. The summed E-state index contributed by atoms with van der Waals surface area (Å²) in [7, 11) is 0. The second-order valence-electron chi connectivity index (χ2n) is 14.3. The quantitative estimate of drug-likeness (QED) is 0.174. The lowest BCUT2D eigenvalue weighted by Gasteiger charge is -2.20. The number of hydrogen-bond acceptors (Lipinski definition) is 2. The first-order valence-electron chi connectivity index (χ1n) is 18.3. The average Bonchev–Trinajstić information content (AvgIpc) is 3.93. The standard InChI is InChI=1S/C51H30O2/c1-2-12-31(13-3-1)46-29-34-28-42(43-26-32-14-4-5-15-35(32)50(43)51(34)53-46)48-38-18-8-6-16-36(38)47(37-17-7-9-19-39(37)48)33-23-22-30-24-25-45-49(41(30)27-33)40-20-10-11-21-44(40)52-45/h1-25,27-29H,26H2. The van der Waals surface area contributed by atoms with Crippen LogP contribution in [0.2, 0.25) is 0 Å². The first-order valence-corrected chi connectivity index (χ1v) is 18.3. The summed E-state index contributed by atoms with van der Waals surface area (Å²) in [5, 5.41) is 10.8. The minimum absolute atomic E-state index is 0.863. The maximum atomic E-state index is 6.78. The molecule has 0 aliphatic heterocycles. The Hall–Kier alpha value is -6.90. The van der Waals surface area contributed by atoms with E-state index < -0.39 is 0 Å². The fraction of sp³-hybridized carbons (Fsp3) is 0.0196. The largest absolute Gasteiger partial charge is 0.456 e. The molecule has 9 aromatic carbocycles. The minimum atomic E-state index is 0.863. The summed E-state index contributed by atoms with van der Waals surface area (Å²) in [6.07, 6.45) is 0.863. The van der Waals surface area contributed by atoms with Crippen molar-refractivity contribution in [2.24, 2.45) is 0 Å². The van der Waals surface area contributed by atoms with Gasteiger partial charge < -0.3 is 8.83 Å². The van der Waals surface area contributed by atoms with E-state index in [0.717, 1.165) is 45.3 Å². The SMILES string of the molecule is c1ccc(-c2cc3cc(-c4c5ccccc5c(-c5ccc6ccc7oc8ccccc8c7c6c5)c5ccccc45)c4c(c3o2)-c2ccccc2C4)cc1. The van der Waals surface area contributed by atoms with Crippen molar-refractivity contribution >= 4 is 65.2 Å². The van der Waals surface area contributed by atoms with Crippen LogP contribution in [-0.4, -0.2) is 0 Å². The first kappa shape index (κ1) is 28.8. The molecule has 0 fully saturated rings. The molecule has 0 bridgehead atoms. The van der Waals surface area contributed by atoms with Crippen molar-refractivity contribution < 1.29 is 8.83 Å². The molecule has 0 spiro atoms. The van der Waals surface area contributed by atoms with Gasteiger partial charge in [-0.05, 0) is 108 Å². The predicted molar refractivity (Wildman–Crippen MR) is 221 cm³/mol. The molecule has 246 valence electrons. The van der Waals surface area contributed by atoms with Crippen molar-refractivity contribution in [2.45, 2.75) is 6.42 Å². The van der Waals surface area contributed by atoms with Crippen LogP contribution in [0, 0.1) is 0 Å². The second kappa shape index (κ2) is 10.8. The molecule has 2 heteroatoms. The topological polar surface area (TPSA) is 26.3 Å². The molecule has 1 aliphatic carbocycles. The number of para-hydroxylation sites is 1. The van der Waals surface area contributed by atoms with Gasteiger partial charge in [0.15, 0.2) is 0 Å². The Labute approximate surface area is 305 Å². The lowest BCUT2D eigenvalue weighted by Crippen LogP contribution is -1.94. The molecule has 2 heterocycles. The van der Waals surface area contributed by atoms with E-state index in [4.69, 9.17) is 8.83 Å². The van der Waals surface area contributed by atoms with E-state index >= 15 is 0 Å². The normalized spacial score (nSPS) is 12.5. The van der Waals surface area contributed by atoms with Crippen LogP contribution in [0.4, 0.5) is 0 Å². The zero-order valence-corrected chi connectivity index (χ0v) is 28.7. The first-order chi connectivity index (χ1) is 26.3. The average molecular weight is 675 g/mol. The monoisotopic (exact) mass is 674 g/mol. The van der Waals surface area contributed by atoms with E-state index in [9.17, 15) is 0 Å². The molecule has 0 radical (unpaired) electrons. The van der Waals surface area contributed by atoms with Gasteiger partial charge in [0.05, 0.1) is 0 Å². The lowest BCUT2D eigenvalue weighted by molar-refractivity contribution is 0.632. The van der Waals surface area contributed by atoms with Gasteiger partial charge in [0.1, 0.15) is 22.5 Å². The molecule has 0 atom stereocenters. The molecule has 11 aromatic rings. The minimum Gasteiger partial charge on any atom is -0.456 e. The van der Waals surface area contributed by atoms with Crippen molar-refractivity contribution in [1.29, 1.82) is 0 Å². The molecule has 0 saturated heterocycles. The second-order valence-corrected chi connectivity index (χ2v) is 14.3. The van der Waals surface area contributed by atoms with Gasteiger partial charge in [0.2, 0.25) is 0 Å². The van der Waals surface area contributed by atoms with Crippen LogP contribution >= 0.6 is 0 Å². The highest BCUT2D eigenvalue weighted by molar-refractivity contribution is 6.24. The molecule has 0 saturated carbocycles. The highest BCUT2D eigenvalue weighted by Crippen LogP contribution is 2.52. The third-order valence-electron chi connectivity index (χ3n) is 11.5. The molecule has 12 rings (SSSR count). The van der Waals surface area contributed by atoms with E-state index in [1.807, 2.05) is 6.07 Å². The van der Waals surface area contributed by atoms with Crippen molar-refractivity contribution in [3.05, 3.63) is 181 Å². The van der Waals surface area contributed by atoms with Gasteiger partial charge in [-0.2, -0.15) is 0 Å². The Kier molecular flexibility index (Phi) is 5.86. The molecule has 0 unspecified atom stereocenters. The Balaban J connectivity index is 1.17. The van der Waals surface area contributed by atoms with Crippen molar-refractivity contribution in [3.8, 4) is 44.7 Å². The number of fused-ring (bicyclic) bond motifs is 12. The van der Waals surface area contributed by atoms with E-state index in [1.165, 1.54) is 82.2 Å². The zero-order chi connectivity index (χ0) is 34.6. The van der Waals surface area contributed by atoms with Crippen molar-refractivity contribution in [2.75, 3.05) is 0 Å². The fourth-order valence-electron chi connectivity index (χ4n) is 9.20. The summed E-state index contributed by atoms with van der Waals surface area (Å²) in [6.45, 7) is 0. The number of hydrogen-bond donors (Lipinski definition) is 0. The number of benzene rings is 9. The van der Waals surface area contributed by atoms with Gasteiger partial charge in [-0.25, -0.2) is 0 Å². The highest BCUT2D eigenvalue weighted by Gasteiger charge is 2.29. The van der Waals surface area contributed by atoms with E-state index in [-0.39, 0.29) is 0 Å². The molecule has 2 nitrogen and oxygen atoms in total. The fourth-order valence-corrected chi connectivity index (χ4v) is 9.20. The van der Waals surface area contributed by atoms with E-state index in [0.29, 0.717) is 0 Å². The summed E-state index contributed by atoms with van der Waals surface area (Å²) < 4.78 is 13.1. The maximum Gasteiger partial charge on any atom is 0.142 e. The van der Waals surface area contributed by atoms with Gasteiger partial charge in [-0.15, -0.1) is 0 Å². The molecule has 2 aromatic heterocycles. The Morgan fingerprint density at radius 1 is 0.377 bits per heavy atom. The van der Waals surface area contributed by atoms with Crippen LogP contribution in [-0.2, 0) is 6.42 Å². The van der Waals surface area contributed by atoms with Crippen LogP contribution in [0.1, 0.15) is 11.1 Å². The van der Waals surface area contributed by atoms with Crippen LogP contribution in [0.3, 0.4) is 0 Å². The van der Waals surface area contributed by atoms with Crippen LogP contribution < -0.4 is 0 Å². The van der Waals surface area contributed by atoms with Crippen LogP contribution in [0.5, 0.6) is 0 Å².